The van der Waals surface area contributed by atoms with Crippen molar-refractivity contribution >= 4 is 10.0 Å². The minimum atomic E-state index is -3.70. The van der Waals surface area contributed by atoms with Gasteiger partial charge in [0.15, 0.2) is 5.76 Å². The van der Waals surface area contributed by atoms with E-state index in [0.717, 1.165) is 0 Å². The fourth-order valence-electron chi connectivity index (χ4n) is 1.51. The molecule has 0 aromatic carbocycles. The number of nitrogens with two attached hydrogens (primary N) is 1. The van der Waals surface area contributed by atoms with Crippen LogP contribution in [0.15, 0.2) is 9.42 Å². The van der Waals surface area contributed by atoms with Crippen molar-refractivity contribution in [3.63, 3.8) is 0 Å². The lowest BCUT2D eigenvalue weighted by Gasteiger charge is -2.24. The van der Waals surface area contributed by atoms with E-state index >= 15 is 0 Å². The second-order valence-electron chi connectivity index (χ2n) is 4.45. The van der Waals surface area contributed by atoms with Crippen molar-refractivity contribution in [3.05, 3.63) is 11.5 Å². The predicted molar refractivity (Wildman–Crippen MR) is 60.5 cm³/mol. The molecule has 1 aromatic heterocycles. The average molecular weight is 263 g/mol. The quantitative estimate of drug-likeness (QED) is 0.737. The lowest BCUT2D eigenvalue weighted by atomic mass is 10.1. The Hall–Kier alpha value is -0.960. The number of rotatable bonds is 5. The Morgan fingerprint density at radius 2 is 2.06 bits per heavy atom. The molecule has 0 fully saturated rings. The van der Waals surface area contributed by atoms with Crippen LogP contribution in [0.3, 0.4) is 0 Å². The smallest absolute Gasteiger partial charge is 0.246 e. The molecule has 17 heavy (non-hydrogen) atoms. The Bertz CT molecular complexity index is 473. The van der Waals surface area contributed by atoms with Crippen molar-refractivity contribution in [1.82, 2.24) is 9.88 Å². The van der Waals surface area contributed by atoms with Gasteiger partial charge in [0.1, 0.15) is 10.6 Å². The van der Waals surface area contributed by atoms with E-state index in [2.05, 4.69) is 14.7 Å². The summed E-state index contributed by atoms with van der Waals surface area (Å²) in [6, 6.07) is 0. The molecule has 8 heteroatoms. The van der Waals surface area contributed by atoms with E-state index in [-0.39, 0.29) is 17.3 Å². The van der Waals surface area contributed by atoms with Crippen molar-refractivity contribution in [2.75, 3.05) is 6.61 Å². The number of aryl methyl sites for hydroxylation is 2. The van der Waals surface area contributed by atoms with Gasteiger partial charge >= 0.3 is 0 Å². The van der Waals surface area contributed by atoms with Crippen LogP contribution in [0.1, 0.15) is 25.3 Å². The van der Waals surface area contributed by atoms with E-state index < -0.39 is 15.6 Å². The summed E-state index contributed by atoms with van der Waals surface area (Å²) in [5.74, 6) is 5.20. The summed E-state index contributed by atoms with van der Waals surface area (Å²) < 4.78 is 31.6. The Morgan fingerprint density at radius 1 is 1.47 bits per heavy atom. The summed E-state index contributed by atoms with van der Waals surface area (Å²) in [6.07, 6.45) is 0. The minimum absolute atomic E-state index is 0.0512. The molecule has 7 nitrogen and oxygen atoms in total. The van der Waals surface area contributed by atoms with Gasteiger partial charge in [-0.05, 0) is 27.7 Å². The highest BCUT2D eigenvalue weighted by molar-refractivity contribution is 7.89. The van der Waals surface area contributed by atoms with E-state index in [0.29, 0.717) is 5.69 Å². The molecule has 0 amide bonds. The van der Waals surface area contributed by atoms with Crippen LogP contribution in [-0.2, 0) is 14.9 Å². The van der Waals surface area contributed by atoms with Crippen LogP contribution in [-0.4, -0.2) is 25.7 Å². The van der Waals surface area contributed by atoms with Gasteiger partial charge < -0.3 is 9.36 Å². The van der Waals surface area contributed by atoms with E-state index in [1.807, 2.05) is 0 Å². The molecule has 0 saturated carbocycles. The lowest BCUT2D eigenvalue weighted by Crippen LogP contribution is -2.47. The zero-order valence-electron chi connectivity index (χ0n) is 10.3. The molecule has 98 valence electrons. The zero-order chi connectivity index (χ0) is 13.3. The standard InChI is InChI=1S/C9H17N3O4S/c1-6-8(7(2)16-11-6)17(13,14)12-9(3,4)5-15-10/h12H,5,10H2,1-4H3. The molecular formula is C9H17N3O4S. The Kier molecular flexibility index (Phi) is 3.92. The number of hydrogen-bond donors (Lipinski definition) is 2. The van der Waals surface area contributed by atoms with Gasteiger partial charge in [-0.25, -0.2) is 19.0 Å². The first-order chi connectivity index (χ1) is 7.69. The first-order valence-electron chi connectivity index (χ1n) is 4.98. The minimum Gasteiger partial charge on any atom is -0.360 e. The van der Waals surface area contributed by atoms with Gasteiger partial charge in [-0.1, -0.05) is 5.16 Å². The lowest BCUT2D eigenvalue weighted by molar-refractivity contribution is 0.0929. The number of aromatic nitrogens is 1. The molecule has 0 radical (unpaired) electrons. The summed E-state index contributed by atoms with van der Waals surface area (Å²) in [6.45, 7) is 6.49. The molecule has 0 unspecified atom stereocenters. The fourth-order valence-corrected chi connectivity index (χ4v) is 3.24. The molecule has 0 spiro atoms. The van der Waals surface area contributed by atoms with Crippen LogP contribution < -0.4 is 10.6 Å². The van der Waals surface area contributed by atoms with Gasteiger partial charge in [0.2, 0.25) is 10.0 Å². The van der Waals surface area contributed by atoms with E-state index in [9.17, 15) is 8.42 Å². The largest absolute Gasteiger partial charge is 0.360 e. The number of sulfonamides is 1. The summed E-state index contributed by atoms with van der Waals surface area (Å²) in [7, 11) is -3.70. The molecular weight excluding hydrogens is 246 g/mol. The van der Waals surface area contributed by atoms with Crippen LogP contribution in [0.5, 0.6) is 0 Å². The van der Waals surface area contributed by atoms with Gasteiger partial charge in [-0.3, -0.25) is 0 Å². The Labute approximate surface area is 100 Å². The molecule has 0 bridgehead atoms. The molecule has 0 aliphatic heterocycles. The zero-order valence-corrected chi connectivity index (χ0v) is 11.1. The highest BCUT2D eigenvalue weighted by Gasteiger charge is 2.30. The Morgan fingerprint density at radius 3 is 2.47 bits per heavy atom. The predicted octanol–water partition coefficient (Wildman–Crippen LogP) is 0.239. The van der Waals surface area contributed by atoms with Crippen LogP contribution in [0.2, 0.25) is 0 Å². The van der Waals surface area contributed by atoms with Crippen LogP contribution in [0.25, 0.3) is 0 Å². The third kappa shape index (κ3) is 3.25. The van der Waals surface area contributed by atoms with Crippen molar-refractivity contribution in [2.24, 2.45) is 5.90 Å². The topological polar surface area (TPSA) is 107 Å². The van der Waals surface area contributed by atoms with Gasteiger partial charge in [-0.15, -0.1) is 0 Å². The fraction of sp³-hybridized carbons (Fsp3) is 0.667. The van der Waals surface area contributed by atoms with E-state index in [1.54, 1.807) is 27.7 Å². The molecule has 1 aromatic rings. The van der Waals surface area contributed by atoms with Crippen molar-refractivity contribution in [1.29, 1.82) is 0 Å². The maximum atomic E-state index is 12.1. The third-order valence-corrected chi connectivity index (χ3v) is 4.03. The van der Waals surface area contributed by atoms with Crippen LogP contribution in [0, 0.1) is 13.8 Å². The summed E-state index contributed by atoms with van der Waals surface area (Å²) in [4.78, 5) is 4.52. The first-order valence-corrected chi connectivity index (χ1v) is 6.46. The molecule has 0 atom stereocenters. The van der Waals surface area contributed by atoms with Crippen molar-refractivity contribution < 1.29 is 17.8 Å². The molecule has 0 aliphatic carbocycles. The number of nitrogens with one attached hydrogen (secondary N) is 1. The summed E-state index contributed by atoms with van der Waals surface area (Å²) in [5.41, 5.74) is -0.497. The Balaban J connectivity index is 3.06. The monoisotopic (exact) mass is 263 g/mol. The van der Waals surface area contributed by atoms with E-state index in [4.69, 9.17) is 10.4 Å². The normalized spacial score (nSPS) is 13.0. The second-order valence-corrected chi connectivity index (χ2v) is 6.07. The molecule has 0 aliphatic rings. The van der Waals surface area contributed by atoms with Crippen molar-refractivity contribution in [2.45, 2.75) is 38.1 Å². The van der Waals surface area contributed by atoms with Crippen molar-refractivity contribution in [3.8, 4) is 0 Å². The third-order valence-electron chi connectivity index (χ3n) is 2.09. The first kappa shape index (κ1) is 14.1. The highest BCUT2D eigenvalue weighted by Crippen LogP contribution is 2.20. The van der Waals surface area contributed by atoms with Crippen LogP contribution >= 0.6 is 0 Å². The number of hydrogen-bond acceptors (Lipinski definition) is 6. The van der Waals surface area contributed by atoms with Gasteiger partial charge in [0.25, 0.3) is 0 Å². The molecule has 3 N–H and O–H groups in total. The summed E-state index contributed by atoms with van der Waals surface area (Å²) >= 11 is 0. The molecule has 0 saturated heterocycles. The van der Waals surface area contributed by atoms with E-state index in [1.165, 1.54) is 0 Å². The maximum Gasteiger partial charge on any atom is 0.246 e. The molecule has 1 heterocycles. The summed E-state index contributed by atoms with van der Waals surface area (Å²) in [5, 5.41) is 3.61. The SMILES string of the molecule is Cc1noc(C)c1S(=O)(=O)NC(C)(C)CON. The maximum absolute atomic E-state index is 12.1. The average Bonchev–Trinajstić information content (AvgIpc) is 2.43. The highest BCUT2D eigenvalue weighted by atomic mass is 32.2. The van der Waals surface area contributed by atoms with Gasteiger partial charge in [0.05, 0.1) is 12.1 Å². The van der Waals surface area contributed by atoms with Gasteiger partial charge in [-0.2, -0.15) is 0 Å². The van der Waals surface area contributed by atoms with Gasteiger partial charge in [0, 0.05) is 0 Å². The van der Waals surface area contributed by atoms with Crippen LogP contribution in [0.4, 0.5) is 0 Å². The molecule has 1 rings (SSSR count). The number of nitrogens with zero attached hydrogens (tertiary/aromatic N) is 1. The second kappa shape index (κ2) is 4.73.